The topological polar surface area (TPSA) is 213 Å². The third kappa shape index (κ3) is 8.28. The van der Waals surface area contributed by atoms with E-state index in [1.54, 1.807) is 40.7 Å². The fourth-order valence-corrected chi connectivity index (χ4v) is 6.99. The number of fused-ring (bicyclic) bond motifs is 14. The molecule has 294 valence electrons. The van der Waals surface area contributed by atoms with Crippen molar-refractivity contribution in [1.82, 2.24) is 5.32 Å². The molecule has 9 atom stereocenters. The second kappa shape index (κ2) is 17.1. The van der Waals surface area contributed by atoms with Crippen LogP contribution < -0.4 is 10.1 Å². The van der Waals surface area contributed by atoms with Gasteiger partial charge in [-0.2, -0.15) is 0 Å². The summed E-state index contributed by atoms with van der Waals surface area (Å²) in [6.07, 6.45) is 4.05. The first kappa shape index (κ1) is 41.9. The molecule has 1 fully saturated rings. The number of hydrogen-bond donors (Lipinski definition) is 4. The van der Waals surface area contributed by atoms with Gasteiger partial charge in [-0.3, -0.25) is 14.4 Å². The van der Waals surface area contributed by atoms with E-state index in [-0.39, 0.29) is 29.1 Å². The van der Waals surface area contributed by atoms with Gasteiger partial charge in [0.2, 0.25) is 5.78 Å². The van der Waals surface area contributed by atoms with Crippen molar-refractivity contribution in [3.8, 4) is 11.5 Å². The highest BCUT2D eigenvalue weighted by molar-refractivity contribution is 6.17. The number of methoxy groups -OCH3 is 1. The predicted octanol–water partition coefficient (Wildman–Crippen LogP) is 3.42. The van der Waals surface area contributed by atoms with Crippen LogP contribution in [0.4, 0.5) is 0 Å². The fraction of sp³-hybridized carbons (Fsp3) is 0.513. The minimum atomic E-state index is -2.27. The summed E-state index contributed by atoms with van der Waals surface area (Å²) < 4.78 is 34.1. The van der Waals surface area contributed by atoms with Crippen LogP contribution in [0.2, 0.25) is 0 Å². The molecule has 4 aliphatic rings. The van der Waals surface area contributed by atoms with Gasteiger partial charge in [0.1, 0.15) is 29.8 Å². The number of amides is 1. The smallest absolute Gasteiger partial charge is 0.347 e. The molecule has 1 unspecified atom stereocenters. The molecule has 5 rings (SSSR count). The zero-order valence-electron chi connectivity index (χ0n) is 31.8. The average molecular weight is 756 g/mol. The van der Waals surface area contributed by atoms with Gasteiger partial charge in [0.25, 0.3) is 11.7 Å². The molecule has 0 aromatic heterocycles. The highest BCUT2D eigenvalue weighted by Gasteiger charge is 2.53. The van der Waals surface area contributed by atoms with Gasteiger partial charge in [0.05, 0.1) is 48.0 Å². The van der Waals surface area contributed by atoms with Crippen LogP contribution in [0.25, 0.3) is 0 Å². The number of Topliss-reactive ketones (excluding diaryl/α,β-unsaturated/α-hetero) is 1. The average Bonchev–Trinajstić information content (AvgIpc) is 3.50. The molecule has 4 bridgehead atoms. The van der Waals surface area contributed by atoms with Crippen LogP contribution in [-0.2, 0) is 43.9 Å². The molecule has 1 saturated heterocycles. The summed E-state index contributed by atoms with van der Waals surface area (Å²) >= 11 is 0. The van der Waals surface area contributed by atoms with E-state index in [1.165, 1.54) is 46.1 Å². The van der Waals surface area contributed by atoms with Crippen LogP contribution >= 0.6 is 0 Å². The van der Waals surface area contributed by atoms with Crippen molar-refractivity contribution in [2.45, 2.75) is 85.6 Å². The monoisotopic (exact) mass is 755 g/mol. The Labute approximate surface area is 313 Å². The van der Waals surface area contributed by atoms with Crippen molar-refractivity contribution in [2.75, 3.05) is 20.3 Å². The van der Waals surface area contributed by atoms with Crippen LogP contribution in [0.1, 0.15) is 80.3 Å². The number of esters is 3. The van der Waals surface area contributed by atoms with Crippen molar-refractivity contribution in [2.24, 2.45) is 23.7 Å². The Morgan fingerprint density at radius 1 is 1.00 bits per heavy atom. The minimum Gasteiger partial charge on any atom is -0.507 e. The number of aromatic hydroxyl groups is 1. The second-order valence-electron chi connectivity index (χ2n) is 13.8. The molecule has 4 N–H and O–H groups in total. The number of phenols is 1. The number of carbonyl (C=O) groups excluding carboxylic acids is 5. The van der Waals surface area contributed by atoms with Crippen LogP contribution in [0.3, 0.4) is 0 Å². The zero-order chi connectivity index (χ0) is 40.2. The Hall–Kier alpha value is -4.83. The summed E-state index contributed by atoms with van der Waals surface area (Å²) in [5.41, 5.74) is -1.56. The van der Waals surface area contributed by atoms with Gasteiger partial charge < -0.3 is 49.1 Å². The lowest BCUT2D eigenvalue weighted by Gasteiger charge is -2.38. The van der Waals surface area contributed by atoms with Crippen molar-refractivity contribution in [3.05, 3.63) is 70.2 Å². The van der Waals surface area contributed by atoms with E-state index in [2.05, 4.69) is 5.32 Å². The minimum absolute atomic E-state index is 0.00718. The van der Waals surface area contributed by atoms with Crippen LogP contribution in [0.5, 0.6) is 11.5 Å². The number of aliphatic hydroxyl groups is 2. The number of rotatable bonds is 4. The molecule has 1 aromatic rings. The highest BCUT2D eigenvalue weighted by atomic mass is 16.8. The number of ether oxygens (including phenoxy) is 6. The third-order valence-electron chi connectivity index (χ3n) is 10.1. The van der Waals surface area contributed by atoms with Gasteiger partial charge in [-0.25, -0.2) is 9.59 Å². The normalized spacial score (nSPS) is 33.2. The molecule has 1 amide bonds. The quantitative estimate of drug-likeness (QED) is 0.256. The predicted molar refractivity (Wildman–Crippen MR) is 191 cm³/mol. The SMILES string of the molecule is CCOc1c(C)c(O)c2c3c1C(=O)O/C=C/[C@H](OC)[C@@H](C)[C@@H](OC(C)=O)[C@H](C)[C@H](O)[C@H](C)[C@@H](O)[C@@H](C)/C=C/C=C(/C)C(=O)NC(=CC31OCC(=O)O1)C2=O. The van der Waals surface area contributed by atoms with Crippen molar-refractivity contribution >= 4 is 29.6 Å². The number of aliphatic hydroxyl groups excluding tert-OH is 2. The molecule has 1 spiro atoms. The van der Waals surface area contributed by atoms with Gasteiger partial charge in [-0.1, -0.05) is 45.9 Å². The lowest BCUT2D eigenvalue weighted by atomic mass is 9.78. The van der Waals surface area contributed by atoms with Crippen molar-refractivity contribution < 1.29 is 67.7 Å². The maximum atomic E-state index is 14.1. The Bertz CT molecular complexity index is 1790. The first-order chi connectivity index (χ1) is 25.4. The van der Waals surface area contributed by atoms with Gasteiger partial charge in [-0.05, 0) is 26.8 Å². The first-order valence-corrected chi connectivity index (χ1v) is 17.7. The Morgan fingerprint density at radius 2 is 1.69 bits per heavy atom. The van der Waals surface area contributed by atoms with Crippen LogP contribution in [0.15, 0.2) is 47.9 Å². The molecule has 3 heterocycles. The van der Waals surface area contributed by atoms with Gasteiger partial charge >= 0.3 is 17.9 Å². The van der Waals surface area contributed by atoms with Gasteiger partial charge in [-0.15, -0.1) is 0 Å². The molecular weight excluding hydrogens is 706 g/mol. The summed E-state index contributed by atoms with van der Waals surface area (Å²) in [5.74, 6) is -9.88. The third-order valence-corrected chi connectivity index (χ3v) is 10.1. The molecule has 15 heteroatoms. The summed E-state index contributed by atoms with van der Waals surface area (Å²) in [7, 11) is 1.39. The molecule has 3 aliphatic heterocycles. The second-order valence-corrected chi connectivity index (χ2v) is 13.8. The summed E-state index contributed by atoms with van der Waals surface area (Å²) in [6.45, 7) is 11.9. The Morgan fingerprint density at radius 3 is 2.28 bits per heavy atom. The first-order valence-electron chi connectivity index (χ1n) is 17.7. The molecule has 1 aliphatic carbocycles. The number of hydrogen-bond acceptors (Lipinski definition) is 14. The van der Waals surface area contributed by atoms with Gasteiger partial charge in [0.15, 0.2) is 0 Å². The molecule has 15 nitrogen and oxygen atoms in total. The summed E-state index contributed by atoms with van der Waals surface area (Å²) in [6, 6.07) is 0. The number of allylic oxidation sites excluding steroid dienone is 3. The van der Waals surface area contributed by atoms with E-state index in [0.29, 0.717) is 0 Å². The maximum absolute atomic E-state index is 14.1. The Kier molecular flexibility index (Phi) is 13.3. The van der Waals surface area contributed by atoms with E-state index in [1.807, 2.05) is 0 Å². The van der Waals surface area contributed by atoms with E-state index in [0.717, 1.165) is 12.3 Å². The molecule has 1 aromatic carbocycles. The molecule has 0 radical (unpaired) electrons. The number of ketones is 1. The van der Waals surface area contributed by atoms with E-state index in [9.17, 15) is 39.3 Å². The highest BCUT2D eigenvalue weighted by Crippen LogP contribution is 2.50. The standard InChI is InChI=1S/C39H49NO14/c1-10-50-36-23(7)33(45)28-30-29(36)38(48)51-15-14-26(49-9)20(4)35(53-24(8)41)22(6)32(44)21(5)31(43)18(2)12-11-13-19(3)37(47)40-25(34(28)46)16-39(30)52-17-27(42)54-39/h11-16,18,20-22,26,31-32,35,43-45H,10,17H2,1-9H3,(H,40,47)/b12-11+,15-14+,19-13-/t18-,20+,21+,22+,26-,31-,32+,35+,39?/m0/s1. The number of phenolic OH excluding ortho intramolecular Hbond substituents is 1. The van der Waals surface area contributed by atoms with Crippen LogP contribution in [-0.4, -0.2) is 89.7 Å². The largest absolute Gasteiger partial charge is 0.507 e. The number of carbonyl (C=O) groups is 5. The molecule has 54 heavy (non-hydrogen) atoms. The van der Waals surface area contributed by atoms with E-state index < -0.39 is 113 Å². The summed E-state index contributed by atoms with van der Waals surface area (Å²) in [5, 5.41) is 36.6. The Balaban J connectivity index is 1.95. The lowest BCUT2D eigenvalue weighted by Crippen LogP contribution is -2.46. The van der Waals surface area contributed by atoms with Crippen LogP contribution in [0, 0.1) is 30.6 Å². The number of nitrogens with one attached hydrogen (secondary N) is 1. The zero-order valence-corrected chi connectivity index (χ0v) is 31.8. The van der Waals surface area contributed by atoms with E-state index in [4.69, 9.17) is 28.4 Å². The summed E-state index contributed by atoms with van der Waals surface area (Å²) in [4.78, 5) is 66.4. The fourth-order valence-electron chi connectivity index (χ4n) is 6.99. The molecule has 0 saturated carbocycles. The van der Waals surface area contributed by atoms with Crippen molar-refractivity contribution in [1.29, 1.82) is 0 Å². The van der Waals surface area contributed by atoms with Gasteiger partial charge in [0, 0.05) is 54.9 Å². The lowest BCUT2D eigenvalue weighted by molar-refractivity contribution is -0.161. The van der Waals surface area contributed by atoms with E-state index >= 15 is 0 Å². The number of benzene rings is 1. The van der Waals surface area contributed by atoms with Crippen molar-refractivity contribution in [3.63, 3.8) is 0 Å². The molecular formula is C39H49NO14. The maximum Gasteiger partial charge on any atom is 0.347 e.